The van der Waals surface area contributed by atoms with Gasteiger partial charge in [0.2, 0.25) is 0 Å². The minimum Gasteiger partial charge on any atom is -0.456 e. The van der Waals surface area contributed by atoms with Gasteiger partial charge in [0.05, 0.1) is 22.4 Å². The fourth-order valence-corrected chi connectivity index (χ4v) is 8.80. The van der Waals surface area contributed by atoms with Gasteiger partial charge < -0.3 is 8.98 Å². The Morgan fingerprint density at radius 2 is 1.10 bits per heavy atom. The number of rotatable bonds is 4. The maximum absolute atomic E-state index is 6.44. The summed E-state index contributed by atoms with van der Waals surface area (Å²) in [6.45, 7) is 0. The number of para-hydroxylation sites is 2. The molecule has 238 valence electrons. The highest BCUT2D eigenvalue weighted by Gasteiger charge is 2.18. The van der Waals surface area contributed by atoms with Crippen LogP contribution in [0.15, 0.2) is 168 Å². The van der Waals surface area contributed by atoms with Crippen LogP contribution in [0, 0.1) is 0 Å². The van der Waals surface area contributed by atoms with Gasteiger partial charge in [0.1, 0.15) is 11.2 Å². The normalized spacial score (nSPS) is 11.9. The van der Waals surface area contributed by atoms with Crippen molar-refractivity contribution in [3.63, 3.8) is 0 Å². The summed E-state index contributed by atoms with van der Waals surface area (Å²) in [6, 6.07) is 57.6. The van der Waals surface area contributed by atoms with Gasteiger partial charge in [-0.05, 0) is 78.9 Å². The molecule has 0 fully saturated rings. The lowest BCUT2D eigenvalue weighted by atomic mass is 10.0. The van der Waals surface area contributed by atoms with E-state index in [1.54, 1.807) is 0 Å². The predicted octanol–water partition coefficient (Wildman–Crippen LogP) is 12.8. The predicted molar refractivity (Wildman–Crippen MR) is 213 cm³/mol. The summed E-state index contributed by atoms with van der Waals surface area (Å²) in [7, 11) is 0. The van der Waals surface area contributed by atoms with Crippen molar-refractivity contribution < 1.29 is 4.42 Å². The summed E-state index contributed by atoms with van der Waals surface area (Å²) in [5.41, 5.74) is 10.0. The number of hydrogen-bond acceptors (Lipinski definition) is 4. The van der Waals surface area contributed by atoms with Crippen molar-refractivity contribution in [3.8, 4) is 39.6 Å². The van der Waals surface area contributed by atoms with E-state index in [9.17, 15) is 0 Å². The topological polar surface area (TPSA) is 43.9 Å². The van der Waals surface area contributed by atoms with Crippen LogP contribution in [0.2, 0.25) is 0 Å². The molecule has 0 aliphatic heterocycles. The van der Waals surface area contributed by atoms with Crippen LogP contribution in [0.25, 0.3) is 104 Å². The smallest absolute Gasteiger partial charge is 0.160 e. The number of benzene rings is 7. The zero-order chi connectivity index (χ0) is 33.5. The summed E-state index contributed by atoms with van der Waals surface area (Å²) < 4.78 is 11.3. The molecule has 4 nitrogen and oxygen atoms in total. The van der Waals surface area contributed by atoms with Gasteiger partial charge in [-0.15, -0.1) is 11.3 Å². The highest BCUT2D eigenvalue weighted by Crippen LogP contribution is 2.43. The van der Waals surface area contributed by atoms with Crippen LogP contribution >= 0.6 is 11.3 Å². The lowest BCUT2D eigenvalue weighted by molar-refractivity contribution is 0.669. The van der Waals surface area contributed by atoms with Crippen LogP contribution < -0.4 is 0 Å². The molecule has 0 radical (unpaired) electrons. The number of aromatic nitrogens is 3. The maximum atomic E-state index is 6.44. The summed E-state index contributed by atoms with van der Waals surface area (Å²) in [5.74, 6) is 0.688. The van der Waals surface area contributed by atoms with Crippen molar-refractivity contribution in [3.05, 3.63) is 164 Å². The Bertz CT molecular complexity index is 3140. The Morgan fingerprint density at radius 1 is 0.431 bits per heavy atom. The summed E-state index contributed by atoms with van der Waals surface area (Å²) >= 11 is 1.83. The third kappa shape index (κ3) is 4.38. The Balaban J connectivity index is 1.14. The average Bonchev–Trinajstić information content (AvgIpc) is 3.87. The van der Waals surface area contributed by atoms with Gasteiger partial charge in [-0.1, -0.05) is 84.9 Å². The number of fused-ring (bicyclic) bond motifs is 10. The molecule has 7 aromatic carbocycles. The molecule has 51 heavy (non-hydrogen) atoms. The van der Waals surface area contributed by atoms with Gasteiger partial charge in [0.25, 0.3) is 0 Å². The fraction of sp³-hybridized carbons (Fsp3) is 0. The van der Waals surface area contributed by atoms with Gasteiger partial charge in [0, 0.05) is 64.1 Å². The zero-order valence-corrected chi connectivity index (χ0v) is 28.1. The van der Waals surface area contributed by atoms with Crippen molar-refractivity contribution in [2.75, 3.05) is 0 Å². The largest absolute Gasteiger partial charge is 0.456 e. The lowest BCUT2D eigenvalue weighted by Gasteiger charge is -2.10. The molecule has 0 saturated carbocycles. The molecule has 0 aliphatic carbocycles. The van der Waals surface area contributed by atoms with E-state index in [1.807, 2.05) is 17.4 Å². The van der Waals surface area contributed by atoms with Crippen molar-refractivity contribution in [1.82, 2.24) is 14.5 Å². The van der Waals surface area contributed by atoms with E-state index in [4.69, 9.17) is 14.4 Å². The quantitative estimate of drug-likeness (QED) is 0.187. The van der Waals surface area contributed by atoms with Gasteiger partial charge in [-0.3, -0.25) is 0 Å². The lowest BCUT2D eigenvalue weighted by Crippen LogP contribution is -1.96. The molecule has 0 N–H and O–H groups in total. The molecule has 0 spiro atoms. The fourth-order valence-electron chi connectivity index (χ4n) is 7.69. The molecule has 0 amide bonds. The Morgan fingerprint density at radius 3 is 1.96 bits per heavy atom. The third-order valence-electron chi connectivity index (χ3n) is 10.0. The second-order valence-electron chi connectivity index (χ2n) is 13.0. The summed E-state index contributed by atoms with van der Waals surface area (Å²) in [5, 5.41) is 7.12. The Kier molecular flexibility index (Phi) is 6.09. The number of nitrogens with zero attached hydrogens (tertiary/aromatic N) is 3. The zero-order valence-electron chi connectivity index (χ0n) is 27.2. The van der Waals surface area contributed by atoms with Gasteiger partial charge >= 0.3 is 0 Å². The molecule has 0 unspecified atom stereocenters. The second kappa shape index (κ2) is 11.0. The van der Waals surface area contributed by atoms with Crippen LogP contribution in [0.4, 0.5) is 0 Å². The minimum absolute atomic E-state index is 0.688. The van der Waals surface area contributed by atoms with Gasteiger partial charge in [-0.25, -0.2) is 9.97 Å². The van der Waals surface area contributed by atoms with Crippen LogP contribution in [0.5, 0.6) is 0 Å². The van der Waals surface area contributed by atoms with E-state index in [0.29, 0.717) is 5.82 Å². The Hall–Kier alpha value is -6.56. The molecule has 0 saturated heterocycles. The molecule has 0 bridgehead atoms. The van der Waals surface area contributed by atoms with Crippen LogP contribution in [-0.2, 0) is 0 Å². The number of furan rings is 1. The molecule has 11 rings (SSSR count). The molecule has 4 aromatic heterocycles. The van der Waals surface area contributed by atoms with Crippen LogP contribution in [-0.4, -0.2) is 14.5 Å². The molecule has 4 heterocycles. The van der Waals surface area contributed by atoms with Crippen molar-refractivity contribution in [2.24, 2.45) is 0 Å². The highest BCUT2D eigenvalue weighted by atomic mass is 32.1. The first-order chi connectivity index (χ1) is 25.3. The Labute approximate surface area is 296 Å². The van der Waals surface area contributed by atoms with E-state index >= 15 is 0 Å². The first-order valence-corrected chi connectivity index (χ1v) is 17.9. The standard InChI is InChI=1S/C46H27N3OS/c1-3-11-28(12-4-1)36-27-37(29-20-22-40-35(25-29)44-41(50-40)23-24-43-45(44)33-16-8-10-18-42(33)51-43)48-46(47-36)30-19-21-39-34(26-30)32-15-7-9-17-38(32)49(39)31-13-5-2-6-14-31/h1-27H. The van der Waals surface area contributed by atoms with Gasteiger partial charge in [-0.2, -0.15) is 0 Å². The molecule has 0 aliphatic rings. The van der Waals surface area contributed by atoms with Gasteiger partial charge in [0.15, 0.2) is 5.82 Å². The highest BCUT2D eigenvalue weighted by molar-refractivity contribution is 7.26. The first-order valence-electron chi connectivity index (χ1n) is 17.1. The molecular weight excluding hydrogens is 643 g/mol. The van der Waals surface area contributed by atoms with E-state index in [-0.39, 0.29) is 0 Å². The SMILES string of the molecule is c1ccc(-c2cc(-c3ccc4oc5ccc6sc7ccccc7c6c5c4c3)nc(-c3ccc4c(c3)c3ccccc3n4-c3ccccc3)n2)cc1. The second-order valence-corrected chi connectivity index (χ2v) is 14.1. The third-order valence-corrected chi connectivity index (χ3v) is 11.1. The number of thiophene rings is 1. The van der Waals surface area contributed by atoms with E-state index in [1.165, 1.54) is 36.5 Å². The average molecular weight is 670 g/mol. The van der Waals surface area contributed by atoms with E-state index < -0.39 is 0 Å². The minimum atomic E-state index is 0.688. The van der Waals surface area contributed by atoms with E-state index in [2.05, 4.69) is 162 Å². The van der Waals surface area contributed by atoms with Crippen LogP contribution in [0.3, 0.4) is 0 Å². The van der Waals surface area contributed by atoms with Crippen molar-refractivity contribution in [1.29, 1.82) is 0 Å². The van der Waals surface area contributed by atoms with E-state index in [0.717, 1.165) is 61.2 Å². The molecular formula is C46H27N3OS. The van der Waals surface area contributed by atoms with Crippen molar-refractivity contribution >= 4 is 75.3 Å². The molecule has 11 aromatic rings. The maximum Gasteiger partial charge on any atom is 0.160 e. The molecule has 0 atom stereocenters. The summed E-state index contributed by atoms with van der Waals surface area (Å²) in [6.07, 6.45) is 0. The summed E-state index contributed by atoms with van der Waals surface area (Å²) in [4.78, 5) is 10.5. The molecule has 5 heteroatoms. The number of hydrogen-bond donors (Lipinski definition) is 0. The monoisotopic (exact) mass is 669 g/mol. The van der Waals surface area contributed by atoms with Crippen molar-refractivity contribution in [2.45, 2.75) is 0 Å². The first kappa shape index (κ1) is 28.3. The van der Waals surface area contributed by atoms with Crippen LogP contribution in [0.1, 0.15) is 0 Å².